The second-order valence-corrected chi connectivity index (χ2v) is 5.84. The summed E-state index contributed by atoms with van der Waals surface area (Å²) >= 11 is 0. The number of likely N-dealkylation sites (tertiary alicyclic amines) is 1. The number of fused-ring (bicyclic) bond motifs is 1. The number of benzene rings is 1. The van der Waals surface area contributed by atoms with Crippen molar-refractivity contribution in [2.45, 2.75) is 39.2 Å². The van der Waals surface area contributed by atoms with Gasteiger partial charge in [0, 0.05) is 11.8 Å². The third-order valence-electron chi connectivity index (χ3n) is 4.22. The number of nitrogens with two attached hydrogens (primary N) is 1. The van der Waals surface area contributed by atoms with Gasteiger partial charge >= 0.3 is 0 Å². The lowest BCUT2D eigenvalue weighted by molar-refractivity contribution is 0.160. The number of oxazole rings is 1. The number of piperidine rings is 1. The normalized spacial score (nSPS) is 17.9. The number of hydrogen-bond donors (Lipinski definition) is 1. The standard InChI is InChI=1S/C16H23N3O/c1-2-3-12-6-8-19(9-7-12)11-16-18-14-5-4-13(17)10-15(14)20-16/h4-5,10,12H,2-3,6-9,11,17H2,1H3. The van der Waals surface area contributed by atoms with Crippen molar-refractivity contribution in [3.63, 3.8) is 0 Å². The Hall–Kier alpha value is -1.55. The highest BCUT2D eigenvalue weighted by Crippen LogP contribution is 2.24. The first-order valence-electron chi connectivity index (χ1n) is 7.62. The minimum Gasteiger partial charge on any atom is -0.439 e. The molecule has 4 nitrogen and oxygen atoms in total. The summed E-state index contributed by atoms with van der Waals surface area (Å²) in [4.78, 5) is 6.98. The molecular formula is C16H23N3O. The van der Waals surface area contributed by atoms with Crippen molar-refractivity contribution >= 4 is 16.8 Å². The van der Waals surface area contributed by atoms with Crippen molar-refractivity contribution in [3.8, 4) is 0 Å². The molecule has 1 aliphatic rings. The number of anilines is 1. The van der Waals surface area contributed by atoms with E-state index in [2.05, 4.69) is 16.8 Å². The monoisotopic (exact) mass is 273 g/mol. The van der Waals surface area contributed by atoms with Gasteiger partial charge in [-0.25, -0.2) is 4.98 Å². The van der Waals surface area contributed by atoms with Gasteiger partial charge in [-0.3, -0.25) is 4.90 Å². The van der Waals surface area contributed by atoms with Gasteiger partial charge in [-0.1, -0.05) is 19.8 Å². The van der Waals surface area contributed by atoms with Gasteiger partial charge < -0.3 is 10.2 Å². The van der Waals surface area contributed by atoms with Crippen molar-refractivity contribution in [2.24, 2.45) is 5.92 Å². The minimum absolute atomic E-state index is 0.723. The molecule has 2 N–H and O–H groups in total. The van der Waals surface area contributed by atoms with Crippen LogP contribution in [0.15, 0.2) is 22.6 Å². The Bertz CT molecular complexity index is 570. The van der Waals surface area contributed by atoms with Gasteiger partial charge in [-0.15, -0.1) is 0 Å². The average Bonchev–Trinajstić information content (AvgIpc) is 2.82. The highest BCUT2D eigenvalue weighted by atomic mass is 16.3. The van der Waals surface area contributed by atoms with Crippen molar-refractivity contribution in [1.82, 2.24) is 9.88 Å². The third-order valence-corrected chi connectivity index (χ3v) is 4.22. The highest BCUT2D eigenvalue weighted by Gasteiger charge is 2.20. The predicted octanol–water partition coefficient (Wildman–Crippen LogP) is 3.42. The van der Waals surface area contributed by atoms with Gasteiger partial charge in [-0.2, -0.15) is 0 Å². The fraction of sp³-hybridized carbons (Fsp3) is 0.562. The smallest absolute Gasteiger partial charge is 0.209 e. The molecule has 4 heteroatoms. The lowest BCUT2D eigenvalue weighted by Crippen LogP contribution is -2.33. The molecule has 0 bridgehead atoms. The molecule has 0 amide bonds. The van der Waals surface area contributed by atoms with Gasteiger partial charge in [0.1, 0.15) is 5.52 Å². The zero-order chi connectivity index (χ0) is 13.9. The Balaban J connectivity index is 1.62. The number of nitrogens with zero attached hydrogens (tertiary/aromatic N) is 2. The van der Waals surface area contributed by atoms with E-state index >= 15 is 0 Å². The van der Waals surface area contributed by atoms with Crippen molar-refractivity contribution in [1.29, 1.82) is 0 Å². The van der Waals surface area contributed by atoms with Crippen LogP contribution in [0.2, 0.25) is 0 Å². The van der Waals surface area contributed by atoms with Crippen LogP contribution in [-0.4, -0.2) is 23.0 Å². The first kappa shape index (κ1) is 13.4. The van der Waals surface area contributed by atoms with Crippen LogP contribution in [0.25, 0.3) is 11.1 Å². The molecule has 0 atom stereocenters. The summed E-state index contributed by atoms with van der Waals surface area (Å²) in [6, 6.07) is 5.63. The average molecular weight is 273 g/mol. The fourth-order valence-electron chi connectivity index (χ4n) is 3.09. The van der Waals surface area contributed by atoms with Gasteiger partial charge in [0.25, 0.3) is 0 Å². The molecule has 2 heterocycles. The molecule has 0 radical (unpaired) electrons. The summed E-state index contributed by atoms with van der Waals surface area (Å²) in [5.41, 5.74) is 8.18. The van der Waals surface area contributed by atoms with Gasteiger partial charge in [0.15, 0.2) is 5.58 Å². The van der Waals surface area contributed by atoms with E-state index in [4.69, 9.17) is 10.2 Å². The fourth-order valence-corrected chi connectivity index (χ4v) is 3.09. The predicted molar refractivity (Wildman–Crippen MR) is 81.3 cm³/mol. The second kappa shape index (κ2) is 5.83. The minimum atomic E-state index is 0.723. The number of rotatable bonds is 4. The van der Waals surface area contributed by atoms with Crippen LogP contribution in [0.4, 0.5) is 5.69 Å². The SMILES string of the molecule is CCCC1CCN(Cc2nc3ccc(N)cc3o2)CC1. The van der Waals surface area contributed by atoms with Crippen LogP contribution < -0.4 is 5.73 Å². The lowest BCUT2D eigenvalue weighted by Gasteiger charge is -2.30. The Morgan fingerprint density at radius 3 is 2.90 bits per heavy atom. The van der Waals surface area contributed by atoms with Gasteiger partial charge in [-0.05, 0) is 44.0 Å². The molecule has 108 valence electrons. The number of hydrogen-bond acceptors (Lipinski definition) is 4. The molecule has 0 spiro atoms. The van der Waals surface area contributed by atoms with Crippen LogP contribution in [0.1, 0.15) is 38.5 Å². The Morgan fingerprint density at radius 2 is 2.15 bits per heavy atom. The summed E-state index contributed by atoms with van der Waals surface area (Å²) in [5.74, 6) is 1.72. The highest BCUT2D eigenvalue weighted by molar-refractivity contribution is 5.76. The zero-order valence-electron chi connectivity index (χ0n) is 12.1. The quantitative estimate of drug-likeness (QED) is 0.867. The van der Waals surface area contributed by atoms with Crippen molar-refractivity contribution in [2.75, 3.05) is 18.8 Å². The van der Waals surface area contributed by atoms with Crippen LogP contribution in [0.5, 0.6) is 0 Å². The summed E-state index contributed by atoms with van der Waals surface area (Å²) in [5, 5.41) is 0. The summed E-state index contributed by atoms with van der Waals surface area (Å²) in [6.07, 6.45) is 5.29. The Labute approximate surface area is 120 Å². The molecule has 1 aliphatic heterocycles. The van der Waals surface area contributed by atoms with Gasteiger partial charge in [0.2, 0.25) is 5.89 Å². The summed E-state index contributed by atoms with van der Waals surface area (Å²) in [7, 11) is 0. The van der Waals surface area contributed by atoms with E-state index in [1.807, 2.05) is 18.2 Å². The van der Waals surface area contributed by atoms with E-state index in [1.165, 1.54) is 25.7 Å². The first-order valence-corrected chi connectivity index (χ1v) is 7.62. The first-order chi connectivity index (χ1) is 9.74. The molecule has 1 fully saturated rings. The summed E-state index contributed by atoms with van der Waals surface area (Å²) in [6.45, 7) is 5.40. The maximum absolute atomic E-state index is 5.79. The Kier molecular flexibility index (Phi) is 3.92. The molecule has 1 aromatic carbocycles. The van der Waals surface area contributed by atoms with E-state index in [-0.39, 0.29) is 0 Å². The molecule has 0 aliphatic carbocycles. The van der Waals surface area contributed by atoms with E-state index in [1.54, 1.807) is 0 Å². The lowest BCUT2D eigenvalue weighted by atomic mass is 9.92. The van der Waals surface area contributed by atoms with Crippen LogP contribution >= 0.6 is 0 Å². The topological polar surface area (TPSA) is 55.3 Å². The molecule has 2 aromatic rings. The second-order valence-electron chi connectivity index (χ2n) is 5.84. The third kappa shape index (κ3) is 2.96. The molecule has 1 aromatic heterocycles. The molecular weight excluding hydrogens is 250 g/mol. The summed E-state index contributed by atoms with van der Waals surface area (Å²) < 4.78 is 5.79. The van der Waals surface area contributed by atoms with Crippen molar-refractivity contribution in [3.05, 3.63) is 24.1 Å². The molecule has 0 unspecified atom stereocenters. The number of nitrogen functional groups attached to an aromatic ring is 1. The zero-order valence-corrected chi connectivity index (χ0v) is 12.1. The van der Waals surface area contributed by atoms with E-state index in [0.717, 1.165) is 48.2 Å². The maximum atomic E-state index is 5.79. The van der Waals surface area contributed by atoms with Gasteiger partial charge in [0.05, 0.1) is 6.54 Å². The van der Waals surface area contributed by atoms with E-state index < -0.39 is 0 Å². The largest absolute Gasteiger partial charge is 0.439 e. The van der Waals surface area contributed by atoms with Crippen LogP contribution in [0.3, 0.4) is 0 Å². The van der Waals surface area contributed by atoms with Crippen LogP contribution in [0, 0.1) is 5.92 Å². The maximum Gasteiger partial charge on any atom is 0.209 e. The molecule has 0 saturated carbocycles. The Morgan fingerprint density at radius 1 is 1.35 bits per heavy atom. The molecule has 20 heavy (non-hydrogen) atoms. The molecule has 3 rings (SSSR count). The number of aromatic nitrogens is 1. The van der Waals surface area contributed by atoms with E-state index in [0.29, 0.717) is 0 Å². The van der Waals surface area contributed by atoms with E-state index in [9.17, 15) is 0 Å². The molecule has 1 saturated heterocycles. The van der Waals surface area contributed by atoms with Crippen molar-refractivity contribution < 1.29 is 4.42 Å². The van der Waals surface area contributed by atoms with Crippen LogP contribution in [-0.2, 0) is 6.54 Å².